The minimum atomic E-state index is -0.377. The van der Waals surface area contributed by atoms with E-state index in [0.717, 1.165) is 12.2 Å². The summed E-state index contributed by atoms with van der Waals surface area (Å²) < 4.78 is 5.33. The first-order chi connectivity index (χ1) is 8.04. The third kappa shape index (κ3) is 4.23. The third-order valence-electron chi connectivity index (χ3n) is 2.73. The van der Waals surface area contributed by atoms with Gasteiger partial charge in [0.25, 0.3) is 5.91 Å². The van der Waals surface area contributed by atoms with Crippen molar-refractivity contribution < 1.29 is 14.3 Å². The number of hydrogen-bond donors (Lipinski definition) is 2. The van der Waals surface area contributed by atoms with E-state index in [2.05, 4.69) is 5.32 Å². The molecule has 0 saturated heterocycles. The summed E-state index contributed by atoms with van der Waals surface area (Å²) in [6.45, 7) is 6.33. The summed E-state index contributed by atoms with van der Waals surface area (Å²) in [6, 6.07) is 3.48. The van der Waals surface area contributed by atoms with E-state index >= 15 is 0 Å². The lowest BCUT2D eigenvalue weighted by Crippen LogP contribution is -2.28. The first-order valence-electron chi connectivity index (χ1n) is 6.09. The summed E-state index contributed by atoms with van der Waals surface area (Å²) in [6.07, 6.45) is 0.961. The Morgan fingerprint density at radius 3 is 2.71 bits per heavy atom. The largest absolute Gasteiger partial charge is 0.456 e. The van der Waals surface area contributed by atoms with E-state index in [1.54, 1.807) is 12.1 Å². The van der Waals surface area contributed by atoms with Gasteiger partial charge in [0.2, 0.25) is 0 Å². The molecular formula is C13H21NO3. The quantitative estimate of drug-likeness (QED) is 0.798. The summed E-state index contributed by atoms with van der Waals surface area (Å²) in [5.74, 6) is 1.13. The standard InChI is InChI=1S/C13H21NO3/c1-4-10-5-6-12(17-10)13(16)14-8-7-11(15)9(2)3/h5-6,9,11,15H,4,7-8H2,1-3H3,(H,14,16). The fraction of sp³-hybridized carbons (Fsp3) is 0.615. The molecule has 1 aromatic rings. The Kier molecular flexibility index (Phi) is 5.22. The molecule has 1 atom stereocenters. The van der Waals surface area contributed by atoms with Gasteiger partial charge < -0.3 is 14.8 Å². The predicted molar refractivity (Wildman–Crippen MR) is 65.9 cm³/mol. The van der Waals surface area contributed by atoms with Crippen molar-refractivity contribution in [2.45, 2.75) is 39.7 Å². The van der Waals surface area contributed by atoms with E-state index in [1.165, 1.54) is 0 Å². The van der Waals surface area contributed by atoms with Gasteiger partial charge in [0.05, 0.1) is 6.10 Å². The Bertz CT molecular complexity index is 357. The zero-order valence-corrected chi connectivity index (χ0v) is 10.7. The molecule has 0 aromatic carbocycles. The van der Waals surface area contributed by atoms with Gasteiger partial charge in [-0.05, 0) is 24.5 Å². The van der Waals surface area contributed by atoms with Crippen molar-refractivity contribution in [3.05, 3.63) is 23.7 Å². The average molecular weight is 239 g/mol. The maximum Gasteiger partial charge on any atom is 0.286 e. The van der Waals surface area contributed by atoms with Crippen molar-refractivity contribution >= 4 is 5.91 Å². The maximum atomic E-state index is 11.6. The van der Waals surface area contributed by atoms with Crippen LogP contribution in [0.3, 0.4) is 0 Å². The molecule has 2 N–H and O–H groups in total. The summed E-state index contributed by atoms with van der Waals surface area (Å²) in [5, 5.41) is 12.3. The number of aliphatic hydroxyl groups is 1. The second-order valence-electron chi connectivity index (χ2n) is 4.48. The zero-order chi connectivity index (χ0) is 12.8. The van der Waals surface area contributed by atoms with Crippen LogP contribution in [0.15, 0.2) is 16.5 Å². The van der Waals surface area contributed by atoms with Crippen LogP contribution in [0.1, 0.15) is 43.5 Å². The molecule has 17 heavy (non-hydrogen) atoms. The van der Waals surface area contributed by atoms with E-state index in [4.69, 9.17) is 4.42 Å². The first-order valence-corrected chi connectivity index (χ1v) is 6.09. The summed E-state index contributed by atoms with van der Waals surface area (Å²) >= 11 is 0. The van der Waals surface area contributed by atoms with Crippen LogP contribution in [0.25, 0.3) is 0 Å². The molecule has 4 heteroatoms. The number of furan rings is 1. The van der Waals surface area contributed by atoms with Gasteiger partial charge in [0.15, 0.2) is 5.76 Å². The summed E-state index contributed by atoms with van der Waals surface area (Å²) in [5.41, 5.74) is 0. The fourth-order valence-electron chi connectivity index (χ4n) is 1.44. The molecule has 1 amide bonds. The predicted octanol–water partition coefficient (Wildman–Crippen LogP) is 1.98. The molecule has 0 spiro atoms. The van der Waals surface area contributed by atoms with Crippen LogP contribution in [0, 0.1) is 5.92 Å². The first kappa shape index (κ1) is 13.8. The van der Waals surface area contributed by atoms with Gasteiger partial charge in [-0.25, -0.2) is 0 Å². The Hall–Kier alpha value is -1.29. The van der Waals surface area contributed by atoms with Gasteiger partial charge in [0, 0.05) is 13.0 Å². The summed E-state index contributed by atoms with van der Waals surface area (Å²) in [4.78, 5) is 11.6. The van der Waals surface area contributed by atoms with Crippen LogP contribution in [0.5, 0.6) is 0 Å². The minimum absolute atomic E-state index is 0.210. The van der Waals surface area contributed by atoms with Gasteiger partial charge in [-0.2, -0.15) is 0 Å². The van der Waals surface area contributed by atoms with E-state index in [-0.39, 0.29) is 17.9 Å². The van der Waals surface area contributed by atoms with E-state index in [0.29, 0.717) is 18.7 Å². The van der Waals surface area contributed by atoms with Crippen LogP contribution in [0.4, 0.5) is 0 Å². The molecule has 0 fully saturated rings. The van der Waals surface area contributed by atoms with Crippen molar-refractivity contribution in [2.75, 3.05) is 6.54 Å². The third-order valence-corrected chi connectivity index (χ3v) is 2.73. The maximum absolute atomic E-state index is 11.6. The number of nitrogens with one attached hydrogen (secondary N) is 1. The normalized spacial score (nSPS) is 12.8. The smallest absolute Gasteiger partial charge is 0.286 e. The fourth-order valence-corrected chi connectivity index (χ4v) is 1.44. The van der Waals surface area contributed by atoms with Crippen molar-refractivity contribution in [3.63, 3.8) is 0 Å². The number of aryl methyl sites for hydroxylation is 1. The second kappa shape index (κ2) is 6.45. The molecule has 0 aliphatic rings. The van der Waals surface area contributed by atoms with Gasteiger partial charge in [-0.15, -0.1) is 0 Å². The van der Waals surface area contributed by atoms with Gasteiger partial charge in [0.1, 0.15) is 5.76 Å². The lowest BCUT2D eigenvalue weighted by molar-refractivity contribution is 0.0893. The summed E-state index contributed by atoms with van der Waals surface area (Å²) in [7, 11) is 0. The van der Waals surface area contributed by atoms with Crippen LogP contribution in [-0.4, -0.2) is 23.7 Å². The molecule has 1 aromatic heterocycles. The highest BCUT2D eigenvalue weighted by Crippen LogP contribution is 2.08. The molecule has 1 rings (SSSR count). The van der Waals surface area contributed by atoms with Gasteiger partial charge in [-0.3, -0.25) is 4.79 Å². The molecule has 0 radical (unpaired) electrons. The van der Waals surface area contributed by atoms with Crippen molar-refractivity contribution in [2.24, 2.45) is 5.92 Å². The lowest BCUT2D eigenvalue weighted by atomic mass is 10.0. The zero-order valence-electron chi connectivity index (χ0n) is 10.7. The van der Waals surface area contributed by atoms with E-state index < -0.39 is 0 Å². The van der Waals surface area contributed by atoms with Crippen LogP contribution in [0.2, 0.25) is 0 Å². The topological polar surface area (TPSA) is 62.5 Å². The highest BCUT2D eigenvalue weighted by molar-refractivity contribution is 5.91. The SMILES string of the molecule is CCc1ccc(C(=O)NCCC(O)C(C)C)o1. The van der Waals surface area contributed by atoms with Crippen LogP contribution in [-0.2, 0) is 6.42 Å². The highest BCUT2D eigenvalue weighted by Gasteiger charge is 2.12. The van der Waals surface area contributed by atoms with Crippen molar-refractivity contribution in [3.8, 4) is 0 Å². The average Bonchev–Trinajstić information content (AvgIpc) is 2.77. The number of carbonyl (C=O) groups is 1. The Morgan fingerprint density at radius 2 is 2.18 bits per heavy atom. The lowest BCUT2D eigenvalue weighted by Gasteiger charge is -2.13. The Labute approximate surface area is 102 Å². The number of aliphatic hydroxyl groups excluding tert-OH is 1. The van der Waals surface area contributed by atoms with Crippen molar-refractivity contribution in [1.82, 2.24) is 5.32 Å². The molecular weight excluding hydrogens is 218 g/mol. The molecule has 0 bridgehead atoms. The number of carbonyl (C=O) groups excluding carboxylic acids is 1. The van der Waals surface area contributed by atoms with Gasteiger partial charge in [-0.1, -0.05) is 20.8 Å². The Balaban J connectivity index is 2.35. The van der Waals surface area contributed by atoms with E-state index in [9.17, 15) is 9.90 Å². The monoisotopic (exact) mass is 239 g/mol. The number of hydrogen-bond acceptors (Lipinski definition) is 3. The van der Waals surface area contributed by atoms with Gasteiger partial charge >= 0.3 is 0 Å². The number of amides is 1. The highest BCUT2D eigenvalue weighted by atomic mass is 16.3. The number of rotatable bonds is 6. The van der Waals surface area contributed by atoms with Crippen molar-refractivity contribution in [1.29, 1.82) is 0 Å². The van der Waals surface area contributed by atoms with Crippen LogP contribution >= 0.6 is 0 Å². The second-order valence-corrected chi connectivity index (χ2v) is 4.48. The Morgan fingerprint density at radius 1 is 1.47 bits per heavy atom. The molecule has 1 unspecified atom stereocenters. The minimum Gasteiger partial charge on any atom is -0.456 e. The molecule has 0 aliphatic carbocycles. The molecule has 0 aliphatic heterocycles. The molecule has 96 valence electrons. The van der Waals surface area contributed by atoms with E-state index in [1.807, 2.05) is 20.8 Å². The molecule has 0 saturated carbocycles. The van der Waals surface area contributed by atoms with Crippen LogP contribution < -0.4 is 5.32 Å². The molecule has 4 nitrogen and oxygen atoms in total. The molecule has 1 heterocycles.